The summed E-state index contributed by atoms with van der Waals surface area (Å²) >= 11 is 0. The van der Waals surface area contributed by atoms with E-state index in [-0.39, 0.29) is 17.6 Å². The molecule has 0 rings (SSSR count). The van der Waals surface area contributed by atoms with Gasteiger partial charge in [-0.2, -0.15) is 0 Å². The predicted octanol–water partition coefficient (Wildman–Crippen LogP) is 0.821. The molecule has 0 saturated carbocycles. The maximum atomic E-state index is 11.1. The summed E-state index contributed by atoms with van der Waals surface area (Å²) in [4.78, 5) is 11.1. The zero-order valence-corrected chi connectivity index (χ0v) is 8.98. The molecule has 78 valence electrons. The van der Waals surface area contributed by atoms with Gasteiger partial charge in [0.05, 0.1) is 0 Å². The van der Waals surface area contributed by atoms with E-state index in [1.165, 1.54) is 0 Å². The molecule has 13 heavy (non-hydrogen) atoms. The monoisotopic (exact) mass is 187 g/mol. The van der Waals surface area contributed by atoms with Crippen LogP contribution in [0.4, 0.5) is 4.79 Å². The van der Waals surface area contributed by atoms with Gasteiger partial charge in [0, 0.05) is 18.1 Å². The summed E-state index contributed by atoms with van der Waals surface area (Å²) in [5.74, 6) is 0. The summed E-state index contributed by atoms with van der Waals surface area (Å²) in [5, 5.41) is 5.46. The molecule has 0 aromatic rings. The number of hydrogen-bond donors (Lipinski definition) is 3. The van der Waals surface area contributed by atoms with Gasteiger partial charge in [-0.05, 0) is 27.2 Å². The van der Waals surface area contributed by atoms with Gasteiger partial charge in [-0.25, -0.2) is 4.79 Å². The predicted molar refractivity (Wildman–Crippen MR) is 54.6 cm³/mol. The number of nitrogens with two attached hydrogens (primary N) is 1. The van der Waals surface area contributed by atoms with Crippen LogP contribution in [0.2, 0.25) is 0 Å². The first-order valence-electron chi connectivity index (χ1n) is 4.70. The third-order valence-corrected chi connectivity index (χ3v) is 1.88. The molecule has 1 atom stereocenters. The lowest BCUT2D eigenvalue weighted by molar-refractivity contribution is 0.235. The fourth-order valence-electron chi connectivity index (χ4n) is 0.720. The summed E-state index contributed by atoms with van der Waals surface area (Å²) in [5.41, 5.74) is 5.54. The number of carbonyl (C=O) groups is 1. The minimum atomic E-state index is -0.311. The first-order valence-corrected chi connectivity index (χ1v) is 4.70. The first kappa shape index (κ1) is 12.2. The van der Waals surface area contributed by atoms with Crippen molar-refractivity contribution in [2.45, 2.75) is 45.7 Å². The summed E-state index contributed by atoms with van der Waals surface area (Å²) in [7, 11) is 0. The molecular formula is C9H21N3O. The van der Waals surface area contributed by atoms with Crippen molar-refractivity contribution in [3.05, 3.63) is 0 Å². The standard InChI is InChI=1S/C9H21N3O/c1-5-9(4,10)6-11-8(13)12-7(2)3/h7H,5-6,10H2,1-4H3,(H2,11,12,13). The second-order valence-corrected chi connectivity index (χ2v) is 3.99. The Hall–Kier alpha value is -0.770. The highest BCUT2D eigenvalue weighted by Crippen LogP contribution is 2.01. The first-order chi connectivity index (χ1) is 5.87. The lowest BCUT2D eigenvalue weighted by Gasteiger charge is -2.23. The van der Waals surface area contributed by atoms with E-state index in [9.17, 15) is 4.79 Å². The van der Waals surface area contributed by atoms with Gasteiger partial charge in [-0.1, -0.05) is 6.92 Å². The van der Waals surface area contributed by atoms with E-state index in [0.29, 0.717) is 6.54 Å². The maximum absolute atomic E-state index is 11.1. The fraction of sp³-hybridized carbons (Fsp3) is 0.889. The highest BCUT2D eigenvalue weighted by atomic mass is 16.2. The number of urea groups is 1. The van der Waals surface area contributed by atoms with Gasteiger partial charge in [-0.3, -0.25) is 0 Å². The summed E-state index contributed by atoms with van der Waals surface area (Å²) in [6.07, 6.45) is 0.842. The Balaban J connectivity index is 3.70. The lowest BCUT2D eigenvalue weighted by Crippen LogP contribution is -2.50. The van der Waals surface area contributed by atoms with Crippen molar-refractivity contribution in [1.82, 2.24) is 10.6 Å². The van der Waals surface area contributed by atoms with Crippen LogP contribution in [0, 0.1) is 0 Å². The van der Waals surface area contributed by atoms with Crippen molar-refractivity contribution < 1.29 is 4.79 Å². The van der Waals surface area contributed by atoms with Gasteiger partial charge >= 0.3 is 6.03 Å². The van der Waals surface area contributed by atoms with Gasteiger partial charge in [0.2, 0.25) is 0 Å². The van der Waals surface area contributed by atoms with Crippen LogP contribution in [0.3, 0.4) is 0 Å². The minimum Gasteiger partial charge on any atom is -0.336 e. The molecule has 0 fully saturated rings. The lowest BCUT2D eigenvalue weighted by atomic mass is 10.0. The second kappa shape index (κ2) is 5.07. The highest BCUT2D eigenvalue weighted by molar-refractivity contribution is 5.74. The molecule has 0 bridgehead atoms. The summed E-state index contributed by atoms with van der Waals surface area (Å²) < 4.78 is 0. The van der Waals surface area contributed by atoms with Gasteiger partial charge in [0.1, 0.15) is 0 Å². The maximum Gasteiger partial charge on any atom is 0.315 e. The van der Waals surface area contributed by atoms with E-state index in [4.69, 9.17) is 5.73 Å². The molecule has 1 unspecified atom stereocenters. The van der Waals surface area contributed by atoms with Crippen molar-refractivity contribution in [1.29, 1.82) is 0 Å². The van der Waals surface area contributed by atoms with Crippen LogP contribution >= 0.6 is 0 Å². The minimum absolute atomic E-state index is 0.153. The third-order valence-electron chi connectivity index (χ3n) is 1.88. The highest BCUT2D eigenvalue weighted by Gasteiger charge is 2.16. The summed E-state index contributed by atoms with van der Waals surface area (Å²) in [6.45, 7) is 8.26. The smallest absolute Gasteiger partial charge is 0.315 e. The van der Waals surface area contributed by atoms with E-state index in [0.717, 1.165) is 6.42 Å². The number of carbonyl (C=O) groups excluding carboxylic acids is 1. The van der Waals surface area contributed by atoms with Gasteiger partial charge in [0.15, 0.2) is 0 Å². The zero-order valence-electron chi connectivity index (χ0n) is 8.98. The molecular weight excluding hydrogens is 166 g/mol. The molecule has 0 saturated heterocycles. The molecule has 0 aromatic carbocycles. The Morgan fingerprint density at radius 3 is 2.46 bits per heavy atom. The van der Waals surface area contributed by atoms with E-state index in [2.05, 4.69) is 10.6 Å². The zero-order chi connectivity index (χ0) is 10.5. The number of nitrogens with one attached hydrogen (secondary N) is 2. The molecule has 4 nitrogen and oxygen atoms in total. The molecule has 0 heterocycles. The molecule has 0 aliphatic carbocycles. The largest absolute Gasteiger partial charge is 0.336 e. The Kier molecular flexibility index (Phi) is 4.77. The van der Waals surface area contributed by atoms with Crippen LogP contribution in [0.5, 0.6) is 0 Å². The van der Waals surface area contributed by atoms with E-state index >= 15 is 0 Å². The normalized spacial score (nSPS) is 15.2. The van der Waals surface area contributed by atoms with Crippen molar-refractivity contribution in [3.8, 4) is 0 Å². The number of rotatable bonds is 4. The molecule has 0 radical (unpaired) electrons. The Morgan fingerprint density at radius 1 is 1.54 bits per heavy atom. The molecule has 4 heteroatoms. The Morgan fingerprint density at radius 2 is 2.08 bits per heavy atom. The third kappa shape index (κ3) is 6.40. The van der Waals surface area contributed by atoms with Crippen LogP contribution in [-0.2, 0) is 0 Å². The molecule has 2 amide bonds. The van der Waals surface area contributed by atoms with Crippen LogP contribution in [0.15, 0.2) is 0 Å². The van der Waals surface area contributed by atoms with Gasteiger partial charge < -0.3 is 16.4 Å². The molecule has 0 aliphatic rings. The average Bonchev–Trinajstić information content (AvgIpc) is 2.00. The van der Waals surface area contributed by atoms with Crippen molar-refractivity contribution in [3.63, 3.8) is 0 Å². The Labute approximate surface area is 80.3 Å². The van der Waals surface area contributed by atoms with Crippen LogP contribution in [0.25, 0.3) is 0 Å². The fourth-order valence-corrected chi connectivity index (χ4v) is 0.720. The molecule has 4 N–H and O–H groups in total. The molecule has 0 aliphatic heterocycles. The SMILES string of the molecule is CCC(C)(N)CNC(=O)NC(C)C. The topological polar surface area (TPSA) is 67.1 Å². The van der Waals surface area contributed by atoms with Crippen LogP contribution in [-0.4, -0.2) is 24.2 Å². The summed E-state index contributed by atoms with van der Waals surface area (Å²) in [6, 6.07) is 0.00535. The van der Waals surface area contributed by atoms with Gasteiger partial charge in [-0.15, -0.1) is 0 Å². The van der Waals surface area contributed by atoms with E-state index < -0.39 is 0 Å². The second-order valence-electron chi connectivity index (χ2n) is 3.99. The number of hydrogen-bond acceptors (Lipinski definition) is 2. The number of amides is 2. The molecule has 0 spiro atoms. The van der Waals surface area contributed by atoms with E-state index in [1.807, 2.05) is 27.7 Å². The Bertz CT molecular complexity index is 166. The average molecular weight is 187 g/mol. The quantitative estimate of drug-likeness (QED) is 0.610. The van der Waals surface area contributed by atoms with Gasteiger partial charge in [0.25, 0.3) is 0 Å². The van der Waals surface area contributed by atoms with Crippen molar-refractivity contribution in [2.24, 2.45) is 5.73 Å². The van der Waals surface area contributed by atoms with Crippen molar-refractivity contribution >= 4 is 6.03 Å². The van der Waals surface area contributed by atoms with Crippen molar-refractivity contribution in [2.75, 3.05) is 6.54 Å². The van der Waals surface area contributed by atoms with Crippen LogP contribution in [0.1, 0.15) is 34.1 Å². The van der Waals surface area contributed by atoms with E-state index in [1.54, 1.807) is 0 Å². The molecule has 0 aromatic heterocycles. The van der Waals surface area contributed by atoms with Crippen LogP contribution < -0.4 is 16.4 Å².